The molecule has 0 fully saturated rings. The van der Waals surface area contributed by atoms with E-state index in [0.717, 1.165) is 21.9 Å². The minimum Gasteiger partial charge on any atom is -0.507 e. The molecule has 0 atom stereocenters. The summed E-state index contributed by atoms with van der Waals surface area (Å²) in [5, 5.41) is 11.4. The van der Waals surface area contributed by atoms with Crippen molar-refractivity contribution < 1.29 is 27.4 Å². The monoisotopic (exact) mass is 450 g/mol. The topological polar surface area (TPSA) is 112 Å². The van der Waals surface area contributed by atoms with Crippen molar-refractivity contribution in [1.29, 1.82) is 0 Å². The van der Waals surface area contributed by atoms with Crippen LogP contribution in [-0.4, -0.2) is 28.4 Å². The molecule has 6 nitrogen and oxygen atoms in total. The van der Waals surface area contributed by atoms with Crippen molar-refractivity contribution in [3.05, 3.63) is 120 Å². The van der Waals surface area contributed by atoms with E-state index in [1.807, 2.05) is 103 Å². The zero-order valence-electron chi connectivity index (χ0n) is 16.9. The van der Waals surface area contributed by atoms with Crippen molar-refractivity contribution in [2.75, 3.05) is 0 Å². The van der Waals surface area contributed by atoms with Crippen molar-refractivity contribution in [2.45, 2.75) is 0 Å². The van der Waals surface area contributed by atoms with Gasteiger partial charge in [0.25, 0.3) is 0 Å². The van der Waals surface area contributed by atoms with E-state index in [1.165, 1.54) is 0 Å². The fourth-order valence-corrected chi connectivity index (χ4v) is 2.64. The summed E-state index contributed by atoms with van der Waals surface area (Å²) in [5.41, 5.74) is 1.75. The lowest BCUT2D eigenvalue weighted by molar-refractivity contribution is 0.104. The van der Waals surface area contributed by atoms with E-state index in [-0.39, 0.29) is 5.78 Å². The number of phenolic OH excluding ortho intramolecular Hbond substituents is 1. The lowest BCUT2D eigenvalue weighted by Crippen LogP contribution is -1.92. The molecule has 0 saturated carbocycles. The summed E-state index contributed by atoms with van der Waals surface area (Å²) < 4.78 is 31.6. The average molecular weight is 451 g/mol. The molecule has 0 aliphatic rings. The lowest BCUT2D eigenvalue weighted by atomic mass is 10.1. The maximum absolute atomic E-state index is 11.7. The largest absolute Gasteiger partial charge is 0.507 e. The van der Waals surface area contributed by atoms with E-state index in [2.05, 4.69) is 0 Å². The van der Waals surface area contributed by atoms with Crippen LogP contribution in [0.1, 0.15) is 15.9 Å². The highest BCUT2D eigenvalue weighted by Crippen LogP contribution is 2.22. The molecule has 0 aliphatic heterocycles. The Kier molecular flexibility index (Phi) is 9.31. The second kappa shape index (κ2) is 12.2. The molecule has 0 heterocycles. The van der Waals surface area contributed by atoms with E-state index in [9.17, 15) is 9.90 Å². The number of hydrogen-bond acceptors (Lipinski definition) is 4. The molecule has 0 unspecified atom stereocenters. The first-order valence-corrected chi connectivity index (χ1v) is 10.8. The van der Waals surface area contributed by atoms with Crippen molar-refractivity contribution in [2.24, 2.45) is 0 Å². The Balaban J connectivity index is 0.000000196. The van der Waals surface area contributed by atoms with Gasteiger partial charge >= 0.3 is 10.4 Å². The van der Waals surface area contributed by atoms with Crippen LogP contribution < -0.4 is 0 Å². The molecule has 0 aliphatic carbocycles. The summed E-state index contributed by atoms with van der Waals surface area (Å²) in [4.78, 5) is 11.7. The quantitative estimate of drug-likeness (QED) is 0.217. The fraction of sp³-hybridized carbons (Fsp3) is 0. The smallest absolute Gasteiger partial charge is 0.394 e. The summed E-state index contributed by atoms with van der Waals surface area (Å²) in [5.74, 6) is 0.382. The van der Waals surface area contributed by atoms with Gasteiger partial charge in [-0.1, -0.05) is 103 Å². The van der Waals surface area contributed by atoms with E-state index in [1.54, 1.807) is 12.1 Å². The zero-order valence-corrected chi connectivity index (χ0v) is 17.8. The zero-order chi connectivity index (χ0) is 23.4. The minimum absolute atomic E-state index is 0.0319. The van der Waals surface area contributed by atoms with Crippen molar-refractivity contribution >= 4 is 33.0 Å². The van der Waals surface area contributed by atoms with Gasteiger partial charge in [-0.05, 0) is 23.1 Å². The Morgan fingerprint density at radius 2 is 1.19 bits per heavy atom. The lowest BCUT2D eigenvalue weighted by Gasteiger charge is -1.97. The molecule has 0 aromatic heterocycles. The second-order valence-corrected chi connectivity index (χ2v) is 7.32. The number of fused-ring (bicyclic) bond motifs is 1. The third kappa shape index (κ3) is 9.36. The van der Waals surface area contributed by atoms with Crippen LogP contribution in [0.2, 0.25) is 0 Å². The highest BCUT2D eigenvalue weighted by Gasteiger charge is 1.98. The van der Waals surface area contributed by atoms with Gasteiger partial charge < -0.3 is 5.11 Å². The number of phenols is 1. The highest BCUT2D eigenvalue weighted by molar-refractivity contribution is 7.79. The fourth-order valence-electron chi connectivity index (χ4n) is 2.64. The van der Waals surface area contributed by atoms with Crippen LogP contribution in [0.5, 0.6) is 5.75 Å². The van der Waals surface area contributed by atoms with E-state index < -0.39 is 10.4 Å². The predicted octanol–water partition coefficient (Wildman–Crippen LogP) is 5.48. The number of ketones is 1. The predicted molar refractivity (Wildman–Crippen MR) is 126 cm³/mol. The Morgan fingerprint density at radius 1 is 0.688 bits per heavy atom. The maximum Gasteiger partial charge on any atom is 0.394 e. The third-order valence-electron chi connectivity index (χ3n) is 4.05. The summed E-state index contributed by atoms with van der Waals surface area (Å²) in [7, 11) is -4.67. The normalized spacial score (nSPS) is 10.6. The van der Waals surface area contributed by atoms with Gasteiger partial charge in [-0.3, -0.25) is 13.9 Å². The van der Waals surface area contributed by atoms with Gasteiger partial charge in [0.15, 0.2) is 5.78 Å². The number of aromatic hydroxyl groups is 1. The van der Waals surface area contributed by atoms with E-state index in [4.69, 9.17) is 17.5 Å². The van der Waals surface area contributed by atoms with Crippen LogP contribution in [0, 0.1) is 0 Å². The number of benzene rings is 4. The summed E-state index contributed by atoms with van der Waals surface area (Å²) in [6, 6.07) is 32.3. The first-order chi connectivity index (χ1) is 15.2. The molecule has 32 heavy (non-hydrogen) atoms. The molecule has 0 radical (unpaired) electrons. The second-order valence-electron chi connectivity index (χ2n) is 6.42. The average Bonchev–Trinajstić information content (AvgIpc) is 2.78. The van der Waals surface area contributed by atoms with E-state index in [0.29, 0.717) is 5.75 Å². The molecule has 7 heteroatoms. The van der Waals surface area contributed by atoms with Gasteiger partial charge in [-0.25, -0.2) is 0 Å². The molecule has 164 valence electrons. The Labute approximate surface area is 186 Å². The van der Waals surface area contributed by atoms with E-state index >= 15 is 0 Å². The molecule has 0 spiro atoms. The Bertz CT molecular complexity index is 1250. The first kappa shape index (κ1) is 24.5. The van der Waals surface area contributed by atoms with Crippen LogP contribution in [0.4, 0.5) is 0 Å². The first-order valence-electron chi connectivity index (χ1n) is 9.43. The molecule has 0 amide bonds. The number of allylic oxidation sites excluding steroid dienone is 1. The molecule has 4 aromatic carbocycles. The van der Waals surface area contributed by atoms with Crippen LogP contribution in [-0.2, 0) is 10.4 Å². The third-order valence-corrected chi connectivity index (χ3v) is 4.05. The van der Waals surface area contributed by atoms with Crippen LogP contribution >= 0.6 is 0 Å². The SMILES string of the molecule is O=C(C=Cc1ccccc1)c1ccccc1.O=S(=O)(O)O.Oc1cccc2ccccc12. The van der Waals surface area contributed by atoms with Gasteiger partial charge in [0.1, 0.15) is 5.75 Å². The maximum atomic E-state index is 11.7. The molecular weight excluding hydrogens is 428 g/mol. The van der Waals surface area contributed by atoms with Crippen LogP contribution in [0.3, 0.4) is 0 Å². The summed E-state index contributed by atoms with van der Waals surface area (Å²) in [6.45, 7) is 0. The number of rotatable bonds is 3. The summed E-state index contributed by atoms with van der Waals surface area (Å²) >= 11 is 0. The van der Waals surface area contributed by atoms with Crippen molar-refractivity contribution in [3.8, 4) is 5.75 Å². The Hall–Kier alpha value is -3.78. The Morgan fingerprint density at radius 3 is 1.78 bits per heavy atom. The minimum atomic E-state index is -4.67. The highest BCUT2D eigenvalue weighted by atomic mass is 32.3. The van der Waals surface area contributed by atoms with Crippen molar-refractivity contribution in [1.82, 2.24) is 0 Å². The van der Waals surface area contributed by atoms with Gasteiger partial charge in [0, 0.05) is 10.9 Å². The number of hydrogen-bond donors (Lipinski definition) is 3. The van der Waals surface area contributed by atoms with Crippen LogP contribution in [0.25, 0.3) is 16.8 Å². The molecule has 4 aromatic rings. The molecule has 0 saturated heterocycles. The summed E-state index contributed by atoms with van der Waals surface area (Å²) in [6.07, 6.45) is 3.43. The standard InChI is InChI=1S/C15H12O.C10H8O.H2O4S/c16-15(14-9-5-2-6-10-14)12-11-13-7-3-1-4-8-13;11-10-7-3-5-8-4-1-2-6-9(8)10;1-5(2,3)4/h1-12H;1-7,11H;(H2,1,2,3,4). The molecule has 0 bridgehead atoms. The number of carbonyl (C=O) groups excluding carboxylic acids is 1. The van der Waals surface area contributed by atoms with Gasteiger partial charge in [0.05, 0.1) is 0 Å². The van der Waals surface area contributed by atoms with Gasteiger partial charge in [-0.2, -0.15) is 8.42 Å². The molecule has 3 N–H and O–H groups in total. The van der Waals surface area contributed by atoms with Crippen molar-refractivity contribution in [3.63, 3.8) is 0 Å². The molecular formula is C25H22O6S. The van der Waals surface area contributed by atoms with Crippen LogP contribution in [0.15, 0.2) is 109 Å². The van der Waals surface area contributed by atoms with Gasteiger partial charge in [0.2, 0.25) is 0 Å². The number of carbonyl (C=O) groups is 1. The van der Waals surface area contributed by atoms with Gasteiger partial charge in [-0.15, -0.1) is 0 Å². The molecule has 4 rings (SSSR count).